The van der Waals surface area contributed by atoms with E-state index in [2.05, 4.69) is 20.4 Å². The average molecular weight is 359 g/mol. The van der Waals surface area contributed by atoms with Crippen LogP contribution in [-0.4, -0.2) is 46.0 Å². The van der Waals surface area contributed by atoms with E-state index in [1.165, 1.54) is 0 Å². The minimum atomic E-state index is -2.93. The number of hydrogen-bond acceptors (Lipinski definition) is 4. The van der Waals surface area contributed by atoms with Gasteiger partial charge in [0, 0.05) is 32.4 Å². The molecule has 0 aromatic heterocycles. The van der Waals surface area contributed by atoms with E-state index in [-0.39, 0.29) is 18.0 Å². The summed E-state index contributed by atoms with van der Waals surface area (Å²) in [6.45, 7) is 3.38. The summed E-state index contributed by atoms with van der Waals surface area (Å²) < 4.78 is 40.5. The number of benzene rings is 1. The molecule has 0 spiro atoms. The highest BCUT2D eigenvalue weighted by Crippen LogP contribution is 2.33. The quantitative estimate of drug-likeness (QED) is 0.361. The van der Waals surface area contributed by atoms with Gasteiger partial charge in [-0.1, -0.05) is 12.1 Å². The second kappa shape index (κ2) is 12.3. The molecule has 0 aliphatic carbocycles. The van der Waals surface area contributed by atoms with Crippen molar-refractivity contribution in [3.63, 3.8) is 0 Å². The van der Waals surface area contributed by atoms with Gasteiger partial charge in [-0.25, -0.2) is 4.99 Å². The van der Waals surface area contributed by atoms with E-state index < -0.39 is 6.61 Å². The Bertz CT molecular complexity index is 528. The Morgan fingerprint density at radius 3 is 2.68 bits per heavy atom. The number of ether oxygens (including phenoxy) is 3. The fraction of sp³-hybridized carbons (Fsp3) is 0.588. The summed E-state index contributed by atoms with van der Waals surface area (Å²) >= 11 is 0. The number of methoxy groups -OCH3 is 1. The summed E-state index contributed by atoms with van der Waals surface area (Å²) in [4.78, 5) is 4.42. The molecule has 1 aromatic rings. The van der Waals surface area contributed by atoms with Crippen LogP contribution in [0.1, 0.15) is 25.8 Å². The Kier molecular flexibility index (Phi) is 10.3. The molecule has 25 heavy (non-hydrogen) atoms. The van der Waals surface area contributed by atoms with E-state index in [4.69, 9.17) is 9.47 Å². The van der Waals surface area contributed by atoms with Crippen LogP contribution in [-0.2, 0) is 11.3 Å². The lowest BCUT2D eigenvalue weighted by Gasteiger charge is -2.15. The minimum absolute atomic E-state index is 0.0262. The van der Waals surface area contributed by atoms with E-state index in [0.717, 1.165) is 6.42 Å². The number of nitrogens with one attached hydrogen (secondary N) is 2. The summed E-state index contributed by atoms with van der Waals surface area (Å²) in [5.74, 6) is 0.912. The molecule has 0 aliphatic rings. The molecule has 6 nitrogen and oxygen atoms in total. The maximum atomic E-state index is 12.7. The number of aliphatic imine (C=N–C) groups is 1. The summed E-state index contributed by atoms with van der Waals surface area (Å²) in [5, 5.41) is 6.27. The second-order valence-corrected chi connectivity index (χ2v) is 5.02. The lowest BCUT2D eigenvalue weighted by Crippen LogP contribution is -2.38. The van der Waals surface area contributed by atoms with Crippen molar-refractivity contribution >= 4 is 5.96 Å². The van der Waals surface area contributed by atoms with E-state index in [1.807, 2.05) is 6.92 Å². The van der Waals surface area contributed by atoms with Crippen LogP contribution in [0.2, 0.25) is 0 Å². The maximum Gasteiger partial charge on any atom is 0.387 e. The van der Waals surface area contributed by atoms with Gasteiger partial charge in [0.2, 0.25) is 0 Å². The molecule has 0 fully saturated rings. The predicted molar refractivity (Wildman–Crippen MR) is 93.6 cm³/mol. The lowest BCUT2D eigenvalue weighted by atomic mass is 10.2. The van der Waals surface area contributed by atoms with Crippen LogP contribution in [0.25, 0.3) is 0 Å². The van der Waals surface area contributed by atoms with Gasteiger partial charge < -0.3 is 24.8 Å². The number of alkyl halides is 2. The van der Waals surface area contributed by atoms with Gasteiger partial charge in [-0.15, -0.1) is 0 Å². The maximum absolute atomic E-state index is 12.7. The van der Waals surface area contributed by atoms with Crippen molar-refractivity contribution in [2.45, 2.75) is 33.4 Å². The Hall–Kier alpha value is -2.09. The minimum Gasteiger partial charge on any atom is -0.490 e. The Morgan fingerprint density at radius 1 is 1.24 bits per heavy atom. The molecule has 0 atom stereocenters. The molecule has 142 valence electrons. The number of hydrogen-bond donors (Lipinski definition) is 2. The van der Waals surface area contributed by atoms with Gasteiger partial charge >= 0.3 is 6.61 Å². The van der Waals surface area contributed by atoms with Crippen molar-refractivity contribution in [1.82, 2.24) is 10.6 Å². The monoisotopic (exact) mass is 359 g/mol. The average Bonchev–Trinajstić information content (AvgIpc) is 2.58. The van der Waals surface area contributed by atoms with Gasteiger partial charge in [0.15, 0.2) is 17.5 Å². The first-order chi connectivity index (χ1) is 12.1. The van der Waals surface area contributed by atoms with Gasteiger partial charge in [-0.2, -0.15) is 8.78 Å². The van der Waals surface area contributed by atoms with Crippen molar-refractivity contribution in [2.24, 2.45) is 4.99 Å². The molecule has 1 rings (SSSR count). The van der Waals surface area contributed by atoms with Crippen LogP contribution in [0.5, 0.6) is 11.5 Å². The molecule has 8 heteroatoms. The Balaban J connectivity index is 2.87. The van der Waals surface area contributed by atoms with Crippen LogP contribution in [0.3, 0.4) is 0 Å². The van der Waals surface area contributed by atoms with E-state index in [9.17, 15) is 8.78 Å². The molecule has 0 radical (unpaired) electrons. The van der Waals surface area contributed by atoms with E-state index in [0.29, 0.717) is 37.8 Å². The van der Waals surface area contributed by atoms with Gasteiger partial charge in [-0.05, 0) is 26.3 Å². The molecule has 0 heterocycles. The molecule has 0 saturated heterocycles. The van der Waals surface area contributed by atoms with Gasteiger partial charge in [0.25, 0.3) is 0 Å². The first-order valence-corrected chi connectivity index (χ1v) is 8.32. The third-order valence-electron chi connectivity index (χ3n) is 3.14. The van der Waals surface area contributed by atoms with E-state index in [1.54, 1.807) is 32.2 Å². The number of rotatable bonds is 11. The second-order valence-electron chi connectivity index (χ2n) is 5.02. The molecule has 2 N–H and O–H groups in total. The van der Waals surface area contributed by atoms with Crippen LogP contribution in [0.15, 0.2) is 23.2 Å². The lowest BCUT2D eigenvalue weighted by molar-refractivity contribution is -0.0520. The zero-order chi connectivity index (χ0) is 18.5. The SMILES string of the molecule is CCNC(=NCc1cccc(OCC)c1OC(F)F)NCCCOC. The third-order valence-corrected chi connectivity index (χ3v) is 3.14. The molecule has 1 aromatic carbocycles. The highest BCUT2D eigenvalue weighted by Gasteiger charge is 2.15. The molecule has 0 bridgehead atoms. The van der Waals surface area contributed by atoms with Crippen LogP contribution in [0, 0.1) is 0 Å². The summed E-state index contributed by atoms with van der Waals surface area (Å²) in [5.41, 5.74) is 0.528. The van der Waals surface area contributed by atoms with Crippen molar-refractivity contribution < 1.29 is 23.0 Å². The normalized spacial score (nSPS) is 11.5. The third kappa shape index (κ3) is 8.02. The topological polar surface area (TPSA) is 64.1 Å². The van der Waals surface area contributed by atoms with Gasteiger partial charge in [0.05, 0.1) is 13.2 Å². The van der Waals surface area contributed by atoms with Gasteiger partial charge in [-0.3, -0.25) is 0 Å². The van der Waals surface area contributed by atoms with Crippen LogP contribution < -0.4 is 20.1 Å². The fourth-order valence-corrected chi connectivity index (χ4v) is 2.11. The molecular weight excluding hydrogens is 332 g/mol. The summed E-state index contributed by atoms with van der Waals surface area (Å²) in [7, 11) is 1.65. The molecule has 0 saturated carbocycles. The number of para-hydroxylation sites is 1. The van der Waals surface area contributed by atoms with E-state index >= 15 is 0 Å². The zero-order valence-electron chi connectivity index (χ0n) is 15.0. The van der Waals surface area contributed by atoms with Crippen LogP contribution in [0.4, 0.5) is 8.78 Å². The van der Waals surface area contributed by atoms with Crippen molar-refractivity contribution in [2.75, 3.05) is 33.4 Å². The Labute approximate surface area is 147 Å². The Morgan fingerprint density at radius 2 is 2.04 bits per heavy atom. The van der Waals surface area contributed by atoms with Crippen molar-refractivity contribution in [3.05, 3.63) is 23.8 Å². The van der Waals surface area contributed by atoms with Crippen molar-refractivity contribution in [1.29, 1.82) is 0 Å². The molecular formula is C17H27F2N3O3. The summed E-state index contributed by atoms with van der Waals surface area (Å²) in [6.07, 6.45) is 0.834. The van der Waals surface area contributed by atoms with Gasteiger partial charge in [0.1, 0.15) is 0 Å². The number of guanidine groups is 1. The summed E-state index contributed by atoms with van der Waals surface area (Å²) in [6, 6.07) is 5.02. The number of halogens is 2. The standard InChI is InChI=1S/C17H27F2N3O3/c1-4-20-17(21-10-7-11-23-3)22-12-13-8-6-9-14(24-5-2)15(13)25-16(18)19/h6,8-9,16H,4-5,7,10-12H2,1-3H3,(H2,20,21,22). The highest BCUT2D eigenvalue weighted by atomic mass is 19.3. The first kappa shape index (κ1) is 21.0. The molecule has 0 aliphatic heterocycles. The molecule has 0 amide bonds. The highest BCUT2D eigenvalue weighted by molar-refractivity contribution is 5.79. The largest absolute Gasteiger partial charge is 0.490 e. The smallest absolute Gasteiger partial charge is 0.387 e. The first-order valence-electron chi connectivity index (χ1n) is 8.32. The predicted octanol–water partition coefficient (Wildman–Crippen LogP) is 2.78. The van der Waals surface area contributed by atoms with Crippen LogP contribution >= 0.6 is 0 Å². The molecule has 0 unspecified atom stereocenters. The fourth-order valence-electron chi connectivity index (χ4n) is 2.11. The zero-order valence-corrected chi connectivity index (χ0v) is 15.0. The number of nitrogens with zero attached hydrogens (tertiary/aromatic N) is 1. The van der Waals surface area contributed by atoms with Crippen molar-refractivity contribution in [3.8, 4) is 11.5 Å².